The van der Waals surface area contributed by atoms with E-state index in [2.05, 4.69) is 5.32 Å². The highest BCUT2D eigenvalue weighted by molar-refractivity contribution is 7.95. The monoisotopic (exact) mass is 417 g/mol. The summed E-state index contributed by atoms with van der Waals surface area (Å²) in [6.07, 6.45) is -0.350. The van der Waals surface area contributed by atoms with Crippen LogP contribution in [0.4, 0.5) is 25.8 Å². The number of halogens is 3. The number of nitrogens with one attached hydrogen (secondary N) is 1. The third kappa shape index (κ3) is 3.36. The molecule has 6 nitrogen and oxygen atoms in total. The van der Waals surface area contributed by atoms with Crippen LogP contribution in [0.5, 0.6) is 0 Å². The maximum absolute atomic E-state index is 14.3. The summed E-state index contributed by atoms with van der Waals surface area (Å²) in [4.78, 5) is 0. The Hall–Kier alpha value is -1.94. The largest absolute Gasteiger partial charge is 0.374 e. The van der Waals surface area contributed by atoms with Crippen molar-refractivity contribution in [2.75, 3.05) is 34.9 Å². The Bertz CT molecular complexity index is 919. The Labute approximate surface area is 162 Å². The van der Waals surface area contributed by atoms with Crippen molar-refractivity contribution < 1.29 is 21.9 Å². The number of nitrogens with zero attached hydrogens (tertiary/aromatic N) is 2. The van der Waals surface area contributed by atoms with Crippen molar-refractivity contribution in [3.05, 3.63) is 54.1 Å². The first-order valence-electron chi connectivity index (χ1n) is 8.18. The van der Waals surface area contributed by atoms with E-state index in [0.717, 1.165) is 20.7 Å². The molecule has 2 aromatic carbocycles. The lowest BCUT2D eigenvalue weighted by Crippen LogP contribution is -2.47. The summed E-state index contributed by atoms with van der Waals surface area (Å²) in [6, 6.07) is 9.72. The number of ether oxygens (including phenoxy) is 1. The van der Waals surface area contributed by atoms with Crippen LogP contribution in [0.15, 0.2) is 42.5 Å². The summed E-state index contributed by atoms with van der Waals surface area (Å²) < 4.78 is 62.5. The van der Waals surface area contributed by atoms with Gasteiger partial charge in [0.05, 0.1) is 30.6 Å². The molecule has 2 aliphatic rings. The Balaban J connectivity index is 0.00000210. The van der Waals surface area contributed by atoms with Gasteiger partial charge >= 0.3 is 10.2 Å². The van der Waals surface area contributed by atoms with Gasteiger partial charge in [0.2, 0.25) is 0 Å². The van der Waals surface area contributed by atoms with E-state index in [1.54, 1.807) is 18.2 Å². The van der Waals surface area contributed by atoms with Crippen molar-refractivity contribution in [3.8, 4) is 0 Å². The van der Waals surface area contributed by atoms with E-state index >= 15 is 0 Å². The van der Waals surface area contributed by atoms with Crippen molar-refractivity contribution in [1.82, 2.24) is 5.32 Å². The van der Waals surface area contributed by atoms with Crippen molar-refractivity contribution in [1.29, 1.82) is 0 Å². The van der Waals surface area contributed by atoms with E-state index in [-0.39, 0.29) is 30.7 Å². The molecule has 0 aromatic heterocycles. The van der Waals surface area contributed by atoms with Gasteiger partial charge < -0.3 is 10.1 Å². The highest BCUT2D eigenvalue weighted by atomic mass is 35.5. The van der Waals surface area contributed by atoms with Crippen LogP contribution < -0.4 is 13.9 Å². The molecule has 0 amide bonds. The van der Waals surface area contributed by atoms with Crippen LogP contribution in [0.1, 0.15) is 0 Å². The molecule has 4 rings (SSSR count). The van der Waals surface area contributed by atoms with Crippen molar-refractivity contribution >= 4 is 39.7 Å². The Morgan fingerprint density at radius 3 is 2.37 bits per heavy atom. The van der Waals surface area contributed by atoms with Crippen LogP contribution in [0.3, 0.4) is 0 Å². The zero-order valence-electron chi connectivity index (χ0n) is 14.1. The number of morpholine rings is 1. The van der Waals surface area contributed by atoms with Crippen LogP contribution in [0, 0.1) is 11.6 Å². The number of benzene rings is 2. The SMILES string of the molecule is Cl.O=S1(=O)N(C[C@@H]2CNCCO2)c2ccccc2N1c1c(F)cccc1F. The summed E-state index contributed by atoms with van der Waals surface area (Å²) in [5, 5.41) is 3.14. The van der Waals surface area contributed by atoms with Crippen LogP contribution in [0.25, 0.3) is 0 Å². The fourth-order valence-electron chi connectivity index (χ4n) is 3.23. The van der Waals surface area contributed by atoms with Gasteiger partial charge in [-0.25, -0.2) is 17.4 Å². The molecule has 146 valence electrons. The van der Waals surface area contributed by atoms with E-state index in [9.17, 15) is 17.2 Å². The smallest absolute Gasteiger partial charge is 0.331 e. The molecule has 1 N–H and O–H groups in total. The first kappa shape index (κ1) is 19.8. The summed E-state index contributed by atoms with van der Waals surface area (Å²) in [5.74, 6) is -1.89. The van der Waals surface area contributed by atoms with Gasteiger partial charge in [0.1, 0.15) is 5.69 Å². The van der Waals surface area contributed by atoms with E-state index in [0.29, 0.717) is 25.4 Å². The fraction of sp³-hybridized carbons (Fsp3) is 0.294. The molecule has 2 heterocycles. The third-order valence-corrected chi connectivity index (χ3v) is 6.14. The number of fused-ring (bicyclic) bond motifs is 1. The van der Waals surface area contributed by atoms with Gasteiger partial charge in [0.25, 0.3) is 0 Å². The topological polar surface area (TPSA) is 61.9 Å². The molecule has 1 saturated heterocycles. The average molecular weight is 418 g/mol. The van der Waals surface area contributed by atoms with Crippen molar-refractivity contribution in [2.24, 2.45) is 0 Å². The molecule has 2 aromatic rings. The van der Waals surface area contributed by atoms with Gasteiger partial charge in [-0.2, -0.15) is 8.42 Å². The lowest BCUT2D eigenvalue weighted by Gasteiger charge is -2.29. The lowest BCUT2D eigenvalue weighted by molar-refractivity contribution is 0.0353. The number of hydrogen-bond acceptors (Lipinski definition) is 4. The maximum atomic E-state index is 14.3. The highest BCUT2D eigenvalue weighted by Crippen LogP contribution is 2.46. The molecule has 2 aliphatic heterocycles. The molecule has 0 saturated carbocycles. The van der Waals surface area contributed by atoms with E-state index in [4.69, 9.17) is 4.74 Å². The molecule has 0 bridgehead atoms. The fourth-order valence-corrected chi connectivity index (χ4v) is 4.99. The molecule has 0 spiro atoms. The summed E-state index contributed by atoms with van der Waals surface area (Å²) in [6.45, 7) is 1.74. The third-order valence-electron chi connectivity index (χ3n) is 4.39. The molecule has 0 aliphatic carbocycles. The average Bonchev–Trinajstić information content (AvgIpc) is 2.84. The predicted octanol–water partition coefficient (Wildman–Crippen LogP) is 2.58. The minimum atomic E-state index is -4.21. The first-order valence-corrected chi connectivity index (χ1v) is 9.58. The van der Waals surface area contributed by atoms with Crippen LogP contribution >= 0.6 is 12.4 Å². The highest BCUT2D eigenvalue weighted by Gasteiger charge is 2.44. The molecular formula is C17H18ClF2N3O3S. The van der Waals surface area contributed by atoms with E-state index in [1.165, 1.54) is 12.1 Å². The summed E-state index contributed by atoms with van der Waals surface area (Å²) in [7, 11) is -4.21. The normalized spacial score (nSPS) is 20.9. The number of rotatable bonds is 3. The Morgan fingerprint density at radius 1 is 1.07 bits per heavy atom. The second-order valence-electron chi connectivity index (χ2n) is 6.06. The van der Waals surface area contributed by atoms with Gasteiger partial charge in [-0.1, -0.05) is 18.2 Å². The number of hydrogen-bond donors (Lipinski definition) is 1. The van der Waals surface area contributed by atoms with E-state index in [1.807, 2.05) is 0 Å². The van der Waals surface area contributed by atoms with Gasteiger partial charge in [-0.15, -0.1) is 12.4 Å². The zero-order valence-corrected chi connectivity index (χ0v) is 15.8. The van der Waals surface area contributed by atoms with Crippen molar-refractivity contribution in [3.63, 3.8) is 0 Å². The second-order valence-corrected chi connectivity index (χ2v) is 7.76. The standard InChI is InChI=1S/C17H17F2N3O3S.ClH/c18-13-4-3-5-14(19)17(13)22-16-7-2-1-6-15(16)21(26(22,23)24)11-12-10-20-8-9-25-12;/h1-7,12,20H,8-11H2;1H/t12-;/m0./s1. The minimum absolute atomic E-state index is 0. The van der Waals surface area contributed by atoms with Gasteiger partial charge in [-0.3, -0.25) is 0 Å². The van der Waals surface area contributed by atoms with Gasteiger partial charge in [0.15, 0.2) is 11.6 Å². The molecule has 0 unspecified atom stereocenters. The molecule has 1 atom stereocenters. The number of anilines is 3. The molecule has 1 fully saturated rings. The van der Waals surface area contributed by atoms with Gasteiger partial charge in [0, 0.05) is 13.1 Å². The van der Waals surface area contributed by atoms with Crippen LogP contribution in [-0.2, 0) is 14.9 Å². The minimum Gasteiger partial charge on any atom is -0.374 e. The van der Waals surface area contributed by atoms with Crippen LogP contribution in [-0.4, -0.2) is 40.8 Å². The van der Waals surface area contributed by atoms with Crippen molar-refractivity contribution in [2.45, 2.75) is 6.10 Å². The van der Waals surface area contributed by atoms with E-state index < -0.39 is 27.5 Å². The molecule has 27 heavy (non-hydrogen) atoms. The first-order chi connectivity index (χ1) is 12.5. The molecular weight excluding hydrogens is 400 g/mol. The maximum Gasteiger partial charge on any atom is 0.331 e. The zero-order chi connectivity index (χ0) is 18.3. The quantitative estimate of drug-likeness (QED) is 0.833. The van der Waals surface area contributed by atoms with Crippen LogP contribution in [0.2, 0.25) is 0 Å². The predicted molar refractivity (Wildman–Crippen MR) is 101 cm³/mol. The lowest BCUT2D eigenvalue weighted by atomic mass is 10.2. The summed E-state index contributed by atoms with van der Waals surface area (Å²) in [5.41, 5.74) is -0.0327. The Kier molecular flexibility index (Phi) is 5.57. The van der Waals surface area contributed by atoms with Gasteiger partial charge in [-0.05, 0) is 24.3 Å². The molecule has 10 heteroatoms. The Morgan fingerprint density at radius 2 is 1.74 bits per heavy atom. The summed E-state index contributed by atoms with van der Waals surface area (Å²) >= 11 is 0. The molecule has 0 radical (unpaired) electrons. The number of para-hydroxylation sites is 3. The second kappa shape index (κ2) is 7.59.